The normalized spacial score (nSPS) is 16.4. The standard InChI is InChI=1S/C16H23BrN2O/c1-18-9-6-13-7-10-19(11-8-13)16(20)12-14-4-2-3-5-15(14)17/h2-5,13,18H,6-12H2,1H3. The number of amides is 1. The lowest BCUT2D eigenvalue weighted by Crippen LogP contribution is -2.39. The molecule has 1 heterocycles. The molecule has 1 amide bonds. The molecular formula is C16H23BrN2O. The zero-order valence-corrected chi connectivity index (χ0v) is 13.7. The van der Waals surface area contributed by atoms with E-state index >= 15 is 0 Å². The van der Waals surface area contributed by atoms with Crippen LogP contribution in [0.5, 0.6) is 0 Å². The largest absolute Gasteiger partial charge is 0.342 e. The van der Waals surface area contributed by atoms with Crippen LogP contribution in [-0.2, 0) is 11.2 Å². The molecular weight excluding hydrogens is 316 g/mol. The molecule has 0 spiro atoms. The van der Waals surface area contributed by atoms with Gasteiger partial charge in [-0.25, -0.2) is 0 Å². The van der Waals surface area contributed by atoms with Crippen LogP contribution in [0.4, 0.5) is 0 Å². The summed E-state index contributed by atoms with van der Waals surface area (Å²) in [5, 5.41) is 3.20. The molecule has 1 saturated heterocycles. The first-order valence-corrected chi connectivity index (χ1v) is 8.15. The molecule has 0 aromatic heterocycles. The Kier molecular flexibility index (Phi) is 6.05. The van der Waals surface area contributed by atoms with Crippen LogP contribution in [0.15, 0.2) is 28.7 Å². The van der Waals surface area contributed by atoms with Crippen molar-refractivity contribution >= 4 is 21.8 Å². The van der Waals surface area contributed by atoms with Gasteiger partial charge in [0.2, 0.25) is 5.91 Å². The number of benzene rings is 1. The second-order valence-corrected chi connectivity index (χ2v) is 6.34. The highest BCUT2D eigenvalue weighted by molar-refractivity contribution is 9.10. The van der Waals surface area contributed by atoms with Crippen molar-refractivity contribution in [1.29, 1.82) is 0 Å². The van der Waals surface area contributed by atoms with Crippen molar-refractivity contribution in [3.63, 3.8) is 0 Å². The van der Waals surface area contributed by atoms with Gasteiger partial charge in [0.25, 0.3) is 0 Å². The van der Waals surface area contributed by atoms with Gasteiger partial charge in [0, 0.05) is 17.6 Å². The maximum Gasteiger partial charge on any atom is 0.227 e. The molecule has 0 radical (unpaired) electrons. The molecule has 0 aliphatic carbocycles. The Balaban J connectivity index is 1.82. The highest BCUT2D eigenvalue weighted by Crippen LogP contribution is 2.22. The van der Waals surface area contributed by atoms with Gasteiger partial charge in [-0.05, 0) is 50.4 Å². The van der Waals surface area contributed by atoms with Crippen LogP contribution in [0.2, 0.25) is 0 Å². The minimum absolute atomic E-state index is 0.254. The number of hydrogen-bond donors (Lipinski definition) is 1. The Morgan fingerprint density at radius 1 is 1.35 bits per heavy atom. The van der Waals surface area contributed by atoms with Gasteiger partial charge in [0.05, 0.1) is 6.42 Å². The van der Waals surface area contributed by atoms with Gasteiger partial charge < -0.3 is 10.2 Å². The summed E-state index contributed by atoms with van der Waals surface area (Å²) in [7, 11) is 2.00. The summed E-state index contributed by atoms with van der Waals surface area (Å²) in [5.41, 5.74) is 1.08. The molecule has 1 aromatic rings. The molecule has 1 N–H and O–H groups in total. The van der Waals surface area contributed by atoms with E-state index in [9.17, 15) is 4.79 Å². The van der Waals surface area contributed by atoms with Crippen molar-refractivity contribution in [3.05, 3.63) is 34.3 Å². The number of likely N-dealkylation sites (tertiary alicyclic amines) is 1. The summed E-state index contributed by atoms with van der Waals surface area (Å²) in [6.07, 6.45) is 4.01. The van der Waals surface area contributed by atoms with E-state index in [4.69, 9.17) is 0 Å². The lowest BCUT2D eigenvalue weighted by Gasteiger charge is -2.32. The van der Waals surface area contributed by atoms with E-state index in [0.717, 1.165) is 48.4 Å². The summed E-state index contributed by atoms with van der Waals surface area (Å²) in [6.45, 7) is 2.91. The van der Waals surface area contributed by atoms with Crippen molar-refractivity contribution < 1.29 is 4.79 Å². The molecule has 20 heavy (non-hydrogen) atoms. The van der Waals surface area contributed by atoms with E-state index in [1.54, 1.807) is 0 Å². The smallest absolute Gasteiger partial charge is 0.227 e. The first-order valence-electron chi connectivity index (χ1n) is 7.36. The van der Waals surface area contributed by atoms with Crippen LogP contribution in [0, 0.1) is 5.92 Å². The summed E-state index contributed by atoms with van der Waals surface area (Å²) in [6, 6.07) is 7.97. The summed E-state index contributed by atoms with van der Waals surface area (Å²) < 4.78 is 1.03. The van der Waals surface area contributed by atoms with Gasteiger partial charge >= 0.3 is 0 Å². The fourth-order valence-electron chi connectivity index (χ4n) is 2.74. The van der Waals surface area contributed by atoms with Crippen LogP contribution >= 0.6 is 15.9 Å². The first kappa shape index (κ1) is 15.5. The predicted octanol–water partition coefficient (Wildman–Crippen LogP) is 2.84. The van der Waals surface area contributed by atoms with Crippen molar-refractivity contribution in [2.75, 3.05) is 26.7 Å². The Morgan fingerprint density at radius 3 is 2.70 bits per heavy atom. The average Bonchev–Trinajstić information content (AvgIpc) is 2.48. The van der Waals surface area contributed by atoms with Gasteiger partial charge in [0.1, 0.15) is 0 Å². The summed E-state index contributed by atoms with van der Waals surface area (Å²) in [4.78, 5) is 14.4. The Hall–Kier alpha value is -0.870. The number of carbonyl (C=O) groups excluding carboxylic acids is 1. The molecule has 0 unspecified atom stereocenters. The zero-order valence-electron chi connectivity index (χ0n) is 12.1. The third kappa shape index (κ3) is 4.32. The maximum absolute atomic E-state index is 12.3. The van der Waals surface area contributed by atoms with E-state index in [0.29, 0.717) is 6.42 Å². The molecule has 110 valence electrons. The number of halogens is 1. The Labute approximate surface area is 129 Å². The van der Waals surface area contributed by atoms with Crippen molar-refractivity contribution in [2.24, 2.45) is 5.92 Å². The van der Waals surface area contributed by atoms with E-state index < -0.39 is 0 Å². The van der Waals surface area contributed by atoms with Crippen LogP contribution < -0.4 is 5.32 Å². The molecule has 1 fully saturated rings. The van der Waals surface area contributed by atoms with Crippen LogP contribution in [0.1, 0.15) is 24.8 Å². The number of carbonyl (C=O) groups is 1. The topological polar surface area (TPSA) is 32.3 Å². The third-order valence-electron chi connectivity index (χ3n) is 4.07. The van der Waals surface area contributed by atoms with Crippen LogP contribution in [0.25, 0.3) is 0 Å². The molecule has 4 heteroatoms. The second-order valence-electron chi connectivity index (χ2n) is 5.48. The highest BCUT2D eigenvalue weighted by Gasteiger charge is 2.22. The van der Waals surface area contributed by atoms with E-state index in [1.165, 1.54) is 6.42 Å². The van der Waals surface area contributed by atoms with Gasteiger partial charge in [-0.2, -0.15) is 0 Å². The van der Waals surface area contributed by atoms with E-state index in [-0.39, 0.29) is 5.91 Å². The number of nitrogens with one attached hydrogen (secondary N) is 1. The van der Waals surface area contributed by atoms with Crippen molar-refractivity contribution in [1.82, 2.24) is 10.2 Å². The molecule has 1 aliphatic heterocycles. The fraction of sp³-hybridized carbons (Fsp3) is 0.562. The minimum atomic E-state index is 0.254. The van der Waals surface area contributed by atoms with Gasteiger partial charge in [0.15, 0.2) is 0 Å². The summed E-state index contributed by atoms with van der Waals surface area (Å²) >= 11 is 3.51. The zero-order chi connectivity index (χ0) is 14.4. The summed E-state index contributed by atoms with van der Waals surface area (Å²) in [5.74, 6) is 1.03. The van der Waals surface area contributed by atoms with Gasteiger partial charge in [-0.3, -0.25) is 4.79 Å². The third-order valence-corrected chi connectivity index (χ3v) is 4.84. The first-order chi connectivity index (χ1) is 9.70. The Bertz CT molecular complexity index is 442. The quantitative estimate of drug-likeness (QED) is 0.895. The number of rotatable bonds is 5. The molecule has 1 aliphatic rings. The average molecular weight is 339 g/mol. The lowest BCUT2D eigenvalue weighted by molar-refractivity contribution is -0.131. The number of piperidine rings is 1. The molecule has 3 nitrogen and oxygen atoms in total. The number of hydrogen-bond acceptors (Lipinski definition) is 2. The molecule has 0 atom stereocenters. The molecule has 2 rings (SSSR count). The van der Waals surface area contributed by atoms with Crippen LogP contribution in [-0.4, -0.2) is 37.5 Å². The molecule has 1 aromatic carbocycles. The van der Waals surface area contributed by atoms with Crippen LogP contribution in [0.3, 0.4) is 0 Å². The van der Waals surface area contributed by atoms with E-state index in [1.807, 2.05) is 36.2 Å². The van der Waals surface area contributed by atoms with Crippen molar-refractivity contribution in [3.8, 4) is 0 Å². The lowest BCUT2D eigenvalue weighted by atomic mass is 9.93. The number of nitrogens with zero attached hydrogens (tertiary/aromatic N) is 1. The predicted molar refractivity (Wildman–Crippen MR) is 85.7 cm³/mol. The highest BCUT2D eigenvalue weighted by atomic mass is 79.9. The van der Waals surface area contributed by atoms with Crippen molar-refractivity contribution in [2.45, 2.75) is 25.7 Å². The fourth-order valence-corrected chi connectivity index (χ4v) is 3.16. The monoisotopic (exact) mass is 338 g/mol. The minimum Gasteiger partial charge on any atom is -0.342 e. The van der Waals surface area contributed by atoms with Gasteiger partial charge in [-0.15, -0.1) is 0 Å². The Morgan fingerprint density at radius 2 is 2.05 bits per heavy atom. The van der Waals surface area contributed by atoms with Gasteiger partial charge in [-0.1, -0.05) is 34.1 Å². The second kappa shape index (κ2) is 7.79. The molecule has 0 bridgehead atoms. The SMILES string of the molecule is CNCCC1CCN(C(=O)Cc2ccccc2Br)CC1. The molecule has 0 saturated carbocycles. The maximum atomic E-state index is 12.3. The van der Waals surface area contributed by atoms with E-state index in [2.05, 4.69) is 21.2 Å².